The first kappa shape index (κ1) is 23.2. The van der Waals surface area contributed by atoms with E-state index >= 15 is 0 Å². The highest BCUT2D eigenvalue weighted by molar-refractivity contribution is 7.89. The van der Waals surface area contributed by atoms with Crippen molar-refractivity contribution in [2.24, 2.45) is 0 Å². The maximum atomic E-state index is 13.0. The van der Waals surface area contributed by atoms with Crippen molar-refractivity contribution in [3.8, 4) is 11.3 Å². The number of anilines is 1. The number of nitrogens with one attached hydrogen (secondary N) is 2. The molecule has 170 valence electrons. The second kappa shape index (κ2) is 9.90. The molecule has 0 spiro atoms. The number of hydrogen-bond acceptors (Lipinski definition) is 5. The van der Waals surface area contributed by atoms with Crippen LogP contribution in [0.15, 0.2) is 65.7 Å². The zero-order valence-corrected chi connectivity index (χ0v) is 19.5. The molecule has 2 aromatic carbocycles. The molecular formula is C22H22BClFN5O2S. The molecule has 2 aromatic heterocycles. The molecule has 2 N–H and O–H groups in total. The Kier molecular flexibility index (Phi) is 6.97. The Morgan fingerprint density at radius 1 is 1.06 bits per heavy atom. The van der Waals surface area contributed by atoms with E-state index in [-0.39, 0.29) is 11.4 Å². The van der Waals surface area contributed by atoms with Gasteiger partial charge in [0.05, 0.1) is 10.6 Å². The average Bonchev–Trinajstić information content (AvgIpc) is 3.17. The van der Waals surface area contributed by atoms with E-state index in [1.807, 2.05) is 38.2 Å². The number of hydrogen-bond donors (Lipinski definition) is 2. The number of unbranched alkanes of at least 4 members (excludes halogenated alkanes) is 1. The van der Waals surface area contributed by atoms with Gasteiger partial charge in [0.2, 0.25) is 10.0 Å². The Balaban J connectivity index is 1.38. The van der Waals surface area contributed by atoms with Crippen LogP contribution in [-0.4, -0.2) is 44.0 Å². The smallest absolute Gasteiger partial charge is 0.240 e. The fraction of sp³-hybridized carbons (Fsp3) is 0.182. The number of benzene rings is 2. The van der Waals surface area contributed by atoms with Gasteiger partial charge in [-0.25, -0.2) is 22.5 Å². The maximum Gasteiger partial charge on any atom is 0.240 e. The van der Waals surface area contributed by atoms with E-state index < -0.39 is 15.8 Å². The largest absolute Gasteiger partial charge is 0.370 e. The van der Waals surface area contributed by atoms with Gasteiger partial charge in [0.25, 0.3) is 0 Å². The van der Waals surface area contributed by atoms with Gasteiger partial charge in [-0.05, 0) is 48.6 Å². The minimum atomic E-state index is -3.65. The van der Waals surface area contributed by atoms with Crippen LogP contribution in [0.3, 0.4) is 0 Å². The molecule has 0 aliphatic rings. The van der Waals surface area contributed by atoms with Gasteiger partial charge in [0.1, 0.15) is 19.5 Å². The number of fused-ring (bicyclic) bond motifs is 1. The summed E-state index contributed by atoms with van der Waals surface area (Å²) in [5.41, 5.74) is 3.26. The summed E-state index contributed by atoms with van der Waals surface area (Å²) in [5, 5.41) is 8.38. The third-order valence-corrected chi connectivity index (χ3v) is 6.93. The third-order valence-electron chi connectivity index (χ3n) is 5.12. The molecule has 0 radical (unpaired) electrons. The minimum absolute atomic E-state index is 0.0438. The average molecular weight is 486 g/mol. The molecule has 0 aliphatic carbocycles. The van der Waals surface area contributed by atoms with Crippen molar-refractivity contribution in [3.63, 3.8) is 0 Å². The summed E-state index contributed by atoms with van der Waals surface area (Å²) >= 11 is 6.37. The predicted molar refractivity (Wildman–Crippen MR) is 131 cm³/mol. The number of aromatic nitrogens is 3. The number of nitrogens with zero attached hydrogens (tertiary/aromatic N) is 3. The molecule has 33 heavy (non-hydrogen) atoms. The van der Waals surface area contributed by atoms with Gasteiger partial charge in [-0.2, -0.15) is 9.61 Å². The predicted octanol–water partition coefficient (Wildman–Crippen LogP) is 2.62. The first-order chi connectivity index (χ1) is 15.8. The third kappa shape index (κ3) is 5.35. The maximum absolute atomic E-state index is 13.0. The van der Waals surface area contributed by atoms with Crippen molar-refractivity contribution < 1.29 is 12.8 Å². The fourth-order valence-corrected chi connectivity index (χ4v) is 4.68. The lowest BCUT2D eigenvalue weighted by Gasteiger charge is -2.12. The highest BCUT2D eigenvalue weighted by atomic mass is 35.5. The van der Waals surface area contributed by atoms with Crippen LogP contribution in [0.25, 0.3) is 16.9 Å². The summed E-state index contributed by atoms with van der Waals surface area (Å²) in [4.78, 5) is 4.77. The van der Waals surface area contributed by atoms with Crippen LogP contribution in [0.4, 0.5) is 10.2 Å². The Hall–Kier alpha value is -2.95. The molecule has 11 heteroatoms. The Morgan fingerprint density at radius 3 is 2.55 bits per heavy atom. The van der Waals surface area contributed by atoms with Crippen LogP contribution in [0.1, 0.15) is 12.8 Å². The molecule has 0 atom stereocenters. The Bertz CT molecular complexity index is 1380. The van der Waals surface area contributed by atoms with E-state index in [1.165, 1.54) is 12.1 Å². The van der Waals surface area contributed by atoms with Crippen molar-refractivity contribution >= 4 is 46.4 Å². The lowest BCUT2D eigenvalue weighted by molar-refractivity contribution is 0.576. The van der Waals surface area contributed by atoms with Crippen LogP contribution in [-0.2, 0) is 10.0 Å². The van der Waals surface area contributed by atoms with Crippen LogP contribution in [0, 0.1) is 5.82 Å². The van der Waals surface area contributed by atoms with Crippen molar-refractivity contribution in [1.29, 1.82) is 0 Å². The SMILES string of the molecule is Bc1cnn2c(NCCCCNS(=O)(=O)c3ccc(F)cc3)cc(-c3ccccc3Cl)nc12. The normalized spacial score (nSPS) is 11.7. The fourth-order valence-electron chi connectivity index (χ4n) is 3.38. The summed E-state index contributed by atoms with van der Waals surface area (Å²) in [7, 11) is -1.71. The molecule has 4 aromatic rings. The van der Waals surface area contributed by atoms with Gasteiger partial charge in [-0.3, -0.25) is 0 Å². The van der Waals surface area contributed by atoms with E-state index in [1.54, 1.807) is 10.7 Å². The highest BCUT2D eigenvalue weighted by Crippen LogP contribution is 2.28. The number of halogens is 2. The zero-order chi connectivity index (χ0) is 23.4. The van der Waals surface area contributed by atoms with Gasteiger partial charge >= 0.3 is 0 Å². The van der Waals surface area contributed by atoms with Gasteiger partial charge in [0, 0.05) is 35.9 Å². The molecule has 0 saturated heterocycles. The van der Waals surface area contributed by atoms with Gasteiger partial charge in [-0.1, -0.05) is 29.8 Å². The standard InChI is InChI=1S/C22H22BClFN5O2S/c23-18-14-27-30-21(13-20(29-22(18)30)17-5-1-2-6-19(17)24)26-11-3-4-12-28-33(31,32)16-9-7-15(25)8-10-16/h1-2,5-10,13-14,26,28H,3-4,11-12,23H2. The molecule has 0 unspecified atom stereocenters. The van der Waals surface area contributed by atoms with E-state index in [9.17, 15) is 12.8 Å². The van der Waals surface area contributed by atoms with E-state index in [0.29, 0.717) is 18.0 Å². The summed E-state index contributed by atoms with van der Waals surface area (Å²) in [6.07, 6.45) is 3.10. The first-order valence-corrected chi connectivity index (χ1v) is 12.3. The first-order valence-electron chi connectivity index (χ1n) is 10.4. The van der Waals surface area contributed by atoms with Crippen LogP contribution >= 0.6 is 11.6 Å². The van der Waals surface area contributed by atoms with Crippen molar-refractivity contribution in [2.75, 3.05) is 18.4 Å². The van der Waals surface area contributed by atoms with Crippen molar-refractivity contribution in [1.82, 2.24) is 19.3 Å². The molecule has 0 aliphatic heterocycles. The van der Waals surface area contributed by atoms with Crippen molar-refractivity contribution in [3.05, 3.63) is 71.6 Å². The van der Waals surface area contributed by atoms with E-state index in [0.717, 1.165) is 46.7 Å². The molecule has 0 amide bonds. The van der Waals surface area contributed by atoms with Gasteiger partial charge in [-0.15, -0.1) is 0 Å². The molecule has 0 bridgehead atoms. The van der Waals surface area contributed by atoms with Crippen molar-refractivity contribution in [2.45, 2.75) is 17.7 Å². The molecule has 0 saturated carbocycles. The second-order valence-electron chi connectivity index (χ2n) is 7.56. The van der Waals surface area contributed by atoms with Crippen LogP contribution in [0.2, 0.25) is 5.02 Å². The van der Waals surface area contributed by atoms with E-state index in [2.05, 4.69) is 15.1 Å². The highest BCUT2D eigenvalue weighted by Gasteiger charge is 2.14. The lowest BCUT2D eigenvalue weighted by Crippen LogP contribution is -2.25. The second-order valence-corrected chi connectivity index (χ2v) is 9.73. The molecular weight excluding hydrogens is 464 g/mol. The Labute approximate surface area is 197 Å². The van der Waals surface area contributed by atoms with Crippen LogP contribution in [0.5, 0.6) is 0 Å². The zero-order valence-electron chi connectivity index (χ0n) is 17.9. The Morgan fingerprint density at radius 2 is 1.79 bits per heavy atom. The van der Waals surface area contributed by atoms with E-state index in [4.69, 9.17) is 16.6 Å². The summed E-state index contributed by atoms with van der Waals surface area (Å²) in [6.45, 7) is 0.886. The topological polar surface area (TPSA) is 88.4 Å². The summed E-state index contributed by atoms with van der Waals surface area (Å²) in [5.74, 6) is 0.297. The number of sulfonamides is 1. The number of rotatable bonds is 9. The van der Waals surface area contributed by atoms with Crippen LogP contribution < -0.4 is 15.5 Å². The minimum Gasteiger partial charge on any atom is -0.370 e. The monoisotopic (exact) mass is 485 g/mol. The summed E-state index contributed by atoms with van der Waals surface area (Å²) in [6, 6.07) is 14.2. The summed E-state index contributed by atoms with van der Waals surface area (Å²) < 4.78 is 41.8. The molecule has 7 nitrogen and oxygen atoms in total. The molecule has 4 rings (SSSR count). The lowest BCUT2D eigenvalue weighted by atomic mass is 10.0. The molecule has 0 fully saturated rings. The van der Waals surface area contributed by atoms with Gasteiger partial charge < -0.3 is 5.32 Å². The quantitative estimate of drug-likeness (QED) is 0.281. The molecule has 2 heterocycles. The van der Waals surface area contributed by atoms with Gasteiger partial charge in [0.15, 0.2) is 5.65 Å².